The number of nitrogens with zero attached hydrogens (tertiary/aromatic N) is 2. The van der Waals surface area contributed by atoms with Crippen LogP contribution >= 0.6 is 12.4 Å². The first-order chi connectivity index (χ1) is 5.24. The van der Waals surface area contributed by atoms with Crippen LogP contribution in [0.5, 0.6) is 0 Å². The minimum atomic E-state index is 0. The first-order valence-electron chi connectivity index (χ1n) is 3.72. The van der Waals surface area contributed by atoms with Crippen molar-refractivity contribution in [3.63, 3.8) is 0 Å². The highest BCUT2D eigenvalue weighted by Gasteiger charge is 2.02. The van der Waals surface area contributed by atoms with Crippen molar-refractivity contribution < 1.29 is 0 Å². The van der Waals surface area contributed by atoms with Crippen LogP contribution in [0.25, 0.3) is 0 Å². The molecule has 1 rings (SSSR count). The molecule has 1 atom stereocenters. The summed E-state index contributed by atoms with van der Waals surface area (Å²) < 4.78 is 0. The maximum absolute atomic E-state index is 5.49. The summed E-state index contributed by atoms with van der Waals surface area (Å²) >= 11 is 0. The molecule has 68 valence electrons. The number of aryl methyl sites for hydroxylation is 1. The monoisotopic (exact) mass is 187 g/mol. The van der Waals surface area contributed by atoms with Crippen LogP contribution in [-0.4, -0.2) is 16.5 Å². The Hall–Kier alpha value is -0.670. The van der Waals surface area contributed by atoms with Gasteiger partial charge in [0.2, 0.25) is 0 Å². The lowest BCUT2D eigenvalue weighted by Crippen LogP contribution is -2.09. The normalized spacial score (nSPS) is 11.9. The van der Waals surface area contributed by atoms with E-state index in [4.69, 9.17) is 5.73 Å². The summed E-state index contributed by atoms with van der Waals surface area (Å²) in [6, 6.07) is 0. The highest BCUT2D eigenvalue weighted by molar-refractivity contribution is 5.85. The number of nitrogens with two attached hydrogens (primary N) is 1. The van der Waals surface area contributed by atoms with E-state index in [9.17, 15) is 0 Å². The van der Waals surface area contributed by atoms with Crippen LogP contribution < -0.4 is 5.73 Å². The predicted octanol–water partition coefficient (Wildman–Crippen LogP) is 1.27. The van der Waals surface area contributed by atoms with E-state index < -0.39 is 0 Å². The Morgan fingerprint density at radius 1 is 1.42 bits per heavy atom. The van der Waals surface area contributed by atoms with E-state index in [2.05, 4.69) is 16.9 Å². The first-order valence-corrected chi connectivity index (χ1v) is 3.72. The van der Waals surface area contributed by atoms with E-state index in [1.807, 2.05) is 19.3 Å². The van der Waals surface area contributed by atoms with Gasteiger partial charge in [0, 0.05) is 12.4 Å². The molecule has 1 aromatic heterocycles. The number of halogens is 1. The molecule has 0 saturated carbocycles. The molecule has 1 heterocycles. The predicted molar refractivity (Wildman–Crippen MR) is 51.5 cm³/mol. The zero-order valence-corrected chi connectivity index (χ0v) is 8.14. The van der Waals surface area contributed by atoms with Gasteiger partial charge in [-0.3, -0.25) is 0 Å². The van der Waals surface area contributed by atoms with Crippen molar-refractivity contribution in [3.8, 4) is 0 Å². The topological polar surface area (TPSA) is 51.8 Å². The van der Waals surface area contributed by atoms with Gasteiger partial charge in [0.25, 0.3) is 0 Å². The molecule has 1 unspecified atom stereocenters. The molecule has 0 amide bonds. The third kappa shape index (κ3) is 2.75. The molecular formula is C8H14ClN3. The van der Waals surface area contributed by atoms with Crippen molar-refractivity contribution in [2.75, 3.05) is 6.54 Å². The Kier molecular flexibility index (Phi) is 4.78. The summed E-state index contributed by atoms with van der Waals surface area (Å²) in [5.74, 6) is 1.16. The molecule has 0 radical (unpaired) electrons. The van der Waals surface area contributed by atoms with Crippen LogP contribution in [0.1, 0.15) is 24.2 Å². The molecule has 0 aromatic carbocycles. The zero-order chi connectivity index (χ0) is 8.27. The van der Waals surface area contributed by atoms with Crippen molar-refractivity contribution in [2.45, 2.75) is 19.8 Å². The van der Waals surface area contributed by atoms with Crippen LogP contribution in [0, 0.1) is 6.92 Å². The molecule has 4 heteroatoms. The number of hydrogen-bond acceptors (Lipinski definition) is 3. The van der Waals surface area contributed by atoms with Crippen LogP contribution in [0.15, 0.2) is 12.4 Å². The van der Waals surface area contributed by atoms with E-state index in [0.717, 1.165) is 11.4 Å². The first kappa shape index (κ1) is 11.3. The third-order valence-corrected chi connectivity index (χ3v) is 1.72. The zero-order valence-electron chi connectivity index (χ0n) is 7.32. The van der Waals surface area contributed by atoms with Gasteiger partial charge in [0.15, 0.2) is 0 Å². The molecule has 1 aromatic rings. The molecule has 0 aliphatic carbocycles. The standard InChI is InChI=1S/C8H13N3.ClH/c1-6(3-9)8-4-10-7(2)11-5-8;/h4-6H,3,9H2,1-2H3;1H. The Balaban J connectivity index is 0.00000121. The van der Waals surface area contributed by atoms with Crippen molar-refractivity contribution >= 4 is 12.4 Å². The lowest BCUT2D eigenvalue weighted by molar-refractivity contribution is 0.759. The average molecular weight is 188 g/mol. The summed E-state index contributed by atoms with van der Waals surface area (Å²) in [5.41, 5.74) is 6.60. The average Bonchev–Trinajstić information content (AvgIpc) is 2.05. The Morgan fingerprint density at radius 2 is 1.92 bits per heavy atom. The number of aromatic nitrogens is 2. The quantitative estimate of drug-likeness (QED) is 0.759. The maximum atomic E-state index is 5.49. The van der Waals surface area contributed by atoms with Crippen molar-refractivity contribution in [2.24, 2.45) is 5.73 Å². The maximum Gasteiger partial charge on any atom is 0.125 e. The van der Waals surface area contributed by atoms with Gasteiger partial charge in [-0.25, -0.2) is 9.97 Å². The fourth-order valence-electron chi connectivity index (χ4n) is 0.793. The van der Waals surface area contributed by atoms with Gasteiger partial charge in [-0.15, -0.1) is 12.4 Å². The van der Waals surface area contributed by atoms with E-state index in [0.29, 0.717) is 12.5 Å². The van der Waals surface area contributed by atoms with Gasteiger partial charge < -0.3 is 5.73 Å². The number of rotatable bonds is 2. The molecule has 0 saturated heterocycles. The highest BCUT2D eigenvalue weighted by Crippen LogP contribution is 2.09. The van der Waals surface area contributed by atoms with Crippen molar-refractivity contribution in [1.29, 1.82) is 0 Å². The SMILES string of the molecule is Cc1ncc(C(C)CN)cn1.Cl. The van der Waals surface area contributed by atoms with E-state index in [1.165, 1.54) is 0 Å². The molecule has 0 fully saturated rings. The third-order valence-electron chi connectivity index (χ3n) is 1.72. The van der Waals surface area contributed by atoms with E-state index in [1.54, 1.807) is 0 Å². The van der Waals surface area contributed by atoms with Crippen molar-refractivity contribution in [1.82, 2.24) is 9.97 Å². The number of hydrogen-bond donors (Lipinski definition) is 1. The van der Waals surface area contributed by atoms with Gasteiger partial charge in [-0.1, -0.05) is 6.92 Å². The van der Waals surface area contributed by atoms with E-state index in [-0.39, 0.29) is 12.4 Å². The fourth-order valence-corrected chi connectivity index (χ4v) is 0.793. The summed E-state index contributed by atoms with van der Waals surface area (Å²) in [6.45, 7) is 4.58. The van der Waals surface area contributed by atoms with Gasteiger partial charge in [0.05, 0.1) is 0 Å². The molecular weight excluding hydrogens is 174 g/mol. The Bertz CT molecular complexity index is 222. The minimum Gasteiger partial charge on any atom is -0.330 e. The van der Waals surface area contributed by atoms with Crippen LogP contribution in [0.2, 0.25) is 0 Å². The lowest BCUT2D eigenvalue weighted by Gasteiger charge is -2.06. The van der Waals surface area contributed by atoms with E-state index >= 15 is 0 Å². The van der Waals surface area contributed by atoms with Gasteiger partial charge in [0.1, 0.15) is 5.82 Å². The Labute approximate surface area is 78.8 Å². The molecule has 3 nitrogen and oxygen atoms in total. The van der Waals surface area contributed by atoms with Crippen LogP contribution in [-0.2, 0) is 0 Å². The van der Waals surface area contributed by atoms with Gasteiger partial charge in [-0.2, -0.15) is 0 Å². The molecule has 0 aliphatic heterocycles. The second-order valence-corrected chi connectivity index (χ2v) is 2.70. The second kappa shape index (κ2) is 5.06. The smallest absolute Gasteiger partial charge is 0.125 e. The highest BCUT2D eigenvalue weighted by atomic mass is 35.5. The summed E-state index contributed by atoms with van der Waals surface area (Å²) in [7, 11) is 0. The molecule has 2 N–H and O–H groups in total. The van der Waals surface area contributed by atoms with Crippen molar-refractivity contribution in [3.05, 3.63) is 23.8 Å². The molecule has 0 spiro atoms. The second-order valence-electron chi connectivity index (χ2n) is 2.70. The van der Waals surface area contributed by atoms with Gasteiger partial charge in [-0.05, 0) is 24.9 Å². The lowest BCUT2D eigenvalue weighted by atomic mass is 10.1. The van der Waals surface area contributed by atoms with Crippen LogP contribution in [0.4, 0.5) is 0 Å². The summed E-state index contributed by atoms with van der Waals surface area (Å²) in [4.78, 5) is 8.16. The molecule has 0 bridgehead atoms. The minimum absolute atomic E-state index is 0. The van der Waals surface area contributed by atoms with Crippen LogP contribution in [0.3, 0.4) is 0 Å². The summed E-state index contributed by atoms with van der Waals surface area (Å²) in [6.07, 6.45) is 3.67. The largest absolute Gasteiger partial charge is 0.330 e. The summed E-state index contributed by atoms with van der Waals surface area (Å²) in [5, 5.41) is 0. The fraction of sp³-hybridized carbons (Fsp3) is 0.500. The molecule has 12 heavy (non-hydrogen) atoms. The Morgan fingerprint density at radius 3 is 2.33 bits per heavy atom. The van der Waals surface area contributed by atoms with Gasteiger partial charge >= 0.3 is 0 Å². The molecule has 0 aliphatic rings.